The van der Waals surface area contributed by atoms with Crippen molar-refractivity contribution in [3.8, 4) is 23.5 Å². The molecule has 4 rings (SSSR count). The standard InChI is InChI=1S/C27H21F3N4O5S/c28-27(29,30)24-14-21(4-1-18(24)15-31)33-26(35)19(16-32)13-22-5-8-25(39-22)17-2-6-23(7-3-17)40(36,37)34-20-9-11-38-12-10-20/h1-8,13-14,20,34H,9-12H2,(H,33,35)/b19-13+. The van der Waals surface area contributed by atoms with Gasteiger partial charge in [0.2, 0.25) is 10.0 Å². The molecule has 0 unspecified atom stereocenters. The van der Waals surface area contributed by atoms with E-state index in [4.69, 9.17) is 14.4 Å². The first-order valence-electron chi connectivity index (χ1n) is 11.8. The Morgan fingerprint density at radius 2 is 1.73 bits per heavy atom. The normalized spacial score (nSPS) is 14.8. The van der Waals surface area contributed by atoms with Crippen molar-refractivity contribution in [1.29, 1.82) is 10.5 Å². The van der Waals surface area contributed by atoms with Crippen molar-refractivity contribution in [2.45, 2.75) is 30.0 Å². The molecule has 3 aromatic rings. The first kappa shape index (κ1) is 28.6. The van der Waals surface area contributed by atoms with Crippen molar-refractivity contribution in [3.05, 3.63) is 77.1 Å². The quantitative estimate of drug-likeness (QED) is 0.305. The number of hydrogen-bond donors (Lipinski definition) is 2. The Labute approximate surface area is 227 Å². The van der Waals surface area contributed by atoms with Crippen LogP contribution in [0.4, 0.5) is 18.9 Å². The van der Waals surface area contributed by atoms with Gasteiger partial charge in [0.25, 0.3) is 5.91 Å². The summed E-state index contributed by atoms with van der Waals surface area (Å²) in [7, 11) is -3.73. The van der Waals surface area contributed by atoms with Gasteiger partial charge in [0.05, 0.1) is 22.1 Å². The number of hydrogen-bond acceptors (Lipinski definition) is 7. The highest BCUT2D eigenvalue weighted by atomic mass is 32.2. The minimum absolute atomic E-state index is 0.0781. The van der Waals surface area contributed by atoms with Crippen LogP contribution >= 0.6 is 0 Å². The third-order valence-corrected chi connectivity index (χ3v) is 7.51. The van der Waals surface area contributed by atoms with Gasteiger partial charge in [0, 0.05) is 36.6 Å². The van der Waals surface area contributed by atoms with Crippen LogP contribution in [0.25, 0.3) is 17.4 Å². The second-order valence-electron chi connectivity index (χ2n) is 8.73. The Kier molecular flexibility index (Phi) is 8.40. The Balaban J connectivity index is 1.47. The van der Waals surface area contributed by atoms with E-state index in [1.807, 2.05) is 0 Å². The molecule has 206 valence electrons. The van der Waals surface area contributed by atoms with E-state index >= 15 is 0 Å². The van der Waals surface area contributed by atoms with E-state index in [1.165, 1.54) is 24.3 Å². The van der Waals surface area contributed by atoms with Gasteiger partial charge in [0.15, 0.2) is 0 Å². The van der Waals surface area contributed by atoms with Gasteiger partial charge >= 0.3 is 6.18 Å². The monoisotopic (exact) mass is 570 g/mol. The molecule has 13 heteroatoms. The molecule has 1 amide bonds. The molecule has 0 saturated carbocycles. The Morgan fingerprint density at radius 1 is 1.02 bits per heavy atom. The van der Waals surface area contributed by atoms with E-state index in [-0.39, 0.29) is 22.4 Å². The molecule has 1 saturated heterocycles. The van der Waals surface area contributed by atoms with E-state index in [0.717, 1.165) is 18.2 Å². The van der Waals surface area contributed by atoms with Crippen molar-refractivity contribution in [2.24, 2.45) is 0 Å². The molecular weight excluding hydrogens is 549 g/mol. The molecular formula is C27H21F3N4O5S. The van der Waals surface area contributed by atoms with Crippen molar-refractivity contribution < 1.29 is 35.5 Å². The second-order valence-corrected chi connectivity index (χ2v) is 10.4. The van der Waals surface area contributed by atoms with Crippen LogP contribution in [0.3, 0.4) is 0 Å². The van der Waals surface area contributed by atoms with Gasteiger partial charge in [-0.15, -0.1) is 0 Å². The molecule has 1 aliphatic heterocycles. The number of carbonyl (C=O) groups is 1. The molecule has 0 bridgehead atoms. The molecule has 1 aromatic heterocycles. The fourth-order valence-electron chi connectivity index (χ4n) is 3.93. The molecule has 1 aliphatic rings. The van der Waals surface area contributed by atoms with Crippen LogP contribution < -0.4 is 10.0 Å². The van der Waals surface area contributed by atoms with Crippen LogP contribution in [0.15, 0.2) is 69.5 Å². The number of furan rings is 1. The van der Waals surface area contributed by atoms with E-state index in [2.05, 4.69) is 10.0 Å². The summed E-state index contributed by atoms with van der Waals surface area (Å²) in [5, 5.41) is 20.6. The fourth-order valence-corrected chi connectivity index (χ4v) is 5.24. The minimum Gasteiger partial charge on any atom is -0.457 e. The number of alkyl halides is 3. The molecule has 0 atom stereocenters. The maximum absolute atomic E-state index is 13.2. The lowest BCUT2D eigenvalue weighted by Crippen LogP contribution is -2.38. The molecule has 0 aliphatic carbocycles. The lowest BCUT2D eigenvalue weighted by atomic mass is 10.1. The number of sulfonamides is 1. The summed E-state index contributed by atoms with van der Waals surface area (Å²) < 4.78 is 78.6. The summed E-state index contributed by atoms with van der Waals surface area (Å²) >= 11 is 0. The van der Waals surface area contributed by atoms with Crippen LogP contribution in [0.5, 0.6) is 0 Å². The number of rotatable bonds is 7. The van der Waals surface area contributed by atoms with Gasteiger partial charge < -0.3 is 14.5 Å². The molecule has 2 aromatic carbocycles. The van der Waals surface area contributed by atoms with Crippen LogP contribution in [0.2, 0.25) is 0 Å². The van der Waals surface area contributed by atoms with Gasteiger partial charge in [0.1, 0.15) is 23.2 Å². The number of anilines is 1. The third kappa shape index (κ3) is 6.76. The average Bonchev–Trinajstić information content (AvgIpc) is 3.40. The van der Waals surface area contributed by atoms with Gasteiger partial charge in [-0.2, -0.15) is 23.7 Å². The lowest BCUT2D eigenvalue weighted by Gasteiger charge is -2.22. The van der Waals surface area contributed by atoms with Crippen molar-refractivity contribution in [2.75, 3.05) is 18.5 Å². The highest BCUT2D eigenvalue weighted by Crippen LogP contribution is 2.33. The summed E-state index contributed by atoms with van der Waals surface area (Å²) in [6, 6.07) is 14.5. The Bertz CT molecular complexity index is 1630. The highest BCUT2D eigenvalue weighted by molar-refractivity contribution is 7.89. The summed E-state index contributed by atoms with van der Waals surface area (Å²) in [5.74, 6) is -0.549. The predicted molar refractivity (Wildman–Crippen MR) is 137 cm³/mol. The first-order valence-corrected chi connectivity index (χ1v) is 13.3. The SMILES string of the molecule is N#C/C(=C\c1ccc(-c2ccc(S(=O)(=O)NC3CCOCC3)cc2)o1)C(=O)Nc1ccc(C#N)c(C(F)(F)F)c1. The van der Waals surface area contributed by atoms with Crippen molar-refractivity contribution >= 4 is 27.7 Å². The lowest BCUT2D eigenvalue weighted by molar-refractivity contribution is -0.137. The molecule has 0 radical (unpaired) electrons. The van der Waals surface area contributed by atoms with E-state index < -0.39 is 38.8 Å². The number of nitrogens with one attached hydrogen (secondary N) is 2. The number of carbonyl (C=O) groups excluding carboxylic acids is 1. The zero-order chi connectivity index (χ0) is 28.9. The van der Waals surface area contributed by atoms with Crippen LogP contribution in [-0.2, 0) is 25.7 Å². The molecule has 0 spiro atoms. The van der Waals surface area contributed by atoms with Gasteiger partial charge in [-0.1, -0.05) is 0 Å². The Morgan fingerprint density at radius 3 is 2.35 bits per heavy atom. The Hall–Kier alpha value is -4.43. The smallest absolute Gasteiger partial charge is 0.417 e. The number of nitrogens with zero attached hydrogens (tertiary/aromatic N) is 2. The van der Waals surface area contributed by atoms with Gasteiger partial charge in [-0.05, 0) is 67.4 Å². The number of amides is 1. The summed E-state index contributed by atoms with van der Waals surface area (Å²) in [6.45, 7) is 0.982. The van der Waals surface area contributed by atoms with Crippen LogP contribution in [0.1, 0.15) is 29.7 Å². The van der Waals surface area contributed by atoms with Gasteiger partial charge in [-0.25, -0.2) is 13.1 Å². The number of ether oxygens (including phenoxy) is 1. The molecule has 1 fully saturated rings. The van der Waals surface area contributed by atoms with Gasteiger partial charge in [-0.3, -0.25) is 4.79 Å². The third-order valence-electron chi connectivity index (χ3n) is 5.97. The summed E-state index contributed by atoms with van der Waals surface area (Å²) in [5.41, 5.74) is -1.99. The maximum Gasteiger partial charge on any atom is 0.417 e. The van der Waals surface area contributed by atoms with E-state index in [0.29, 0.717) is 43.4 Å². The van der Waals surface area contributed by atoms with E-state index in [9.17, 15) is 31.6 Å². The number of nitriles is 2. The zero-order valence-electron chi connectivity index (χ0n) is 20.7. The van der Waals surface area contributed by atoms with Crippen LogP contribution in [0, 0.1) is 22.7 Å². The molecule has 2 heterocycles. The number of halogens is 3. The van der Waals surface area contributed by atoms with Crippen molar-refractivity contribution in [3.63, 3.8) is 0 Å². The topological polar surface area (TPSA) is 145 Å². The largest absolute Gasteiger partial charge is 0.457 e. The minimum atomic E-state index is -4.81. The number of benzene rings is 2. The summed E-state index contributed by atoms with van der Waals surface area (Å²) in [4.78, 5) is 12.6. The predicted octanol–water partition coefficient (Wildman–Crippen LogP) is 4.84. The summed E-state index contributed by atoms with van der Waals surface area (Å²) in [6.07, 6.45) is -2.52. The highest BCUT2D eigenvalue weighted by Gasteiger charge is 2.34. The molecule has 40 heavy (non-hydrogen) atoms. The van der Waals surface area contributed by atoms with Crippen LogP contribution in [-0.4, -0.2) is 33.6 Å². The zero-order valence-corrected chi connectivity index (χ0v) is 21.5. The second kappa shape index (κ2) is 11.8. The average molecular weight is 571 g/mol. The van der Waals surface area contributed by atoms with E-state index in [1.54, 1.807) is 24.3 Å². The maximum atomic E-state index is 13.2. The molecule has 9 nitrogen and oxygen atoms in total. The first-order chi connectivity index (χ1) is 19.0. The fraction of sp³-hybridized carbons (Fsp3) is 0.222. The molecule has 2 N–H and O–H groups in total. The van der Waals surface area contributed by atoms with Crippen molar-refractivity contribution in [1.82, 2.24) is 4.72 Å².